The zero-order valence-electron chi connectivity index (χ0n) is 9.72. The number of nitrogens with zero attached hydrogens (tertiary/aromatic N) is 2. The van der Waals surface area contributed by atoms with Crippen molar-refractivity contribution in [1.29, 1.82) is 0 Å². The van der Waals surface area contributed by atoms with E-state index >= 15 is 0 Å². The van der Waals surface area contributed by atoms with Crippen molar-refractivity contribution in [2.24, 2.45) is 7.05 Å². The van der Waals surface area contributed by atoms with E-state index in [2.05, 4.69) is 24.3 Å². The zero-order chi connectivity index (χ0) is 10.6. The van der Waals surface area contributed by atoms with Crippen LogP contribution in [0.25, 0.3) is 0 Å². The predicted molar refractivity (Wildman–Crippen MR) is 59.6 cm³/mol. The standard InChI is InChI=1S/C11H21N3/c1-5-10-9(7-8-12-3)11(6-2)14(4)13-10/h12H,5-8H2,1-4H3. The Labute approximate surface area is 86.5 Å². The first-order chi connectivity index (χ1) is 6.74. The van der Waals surface area contributed by atoms with Crippen molar-refractivity contribution >= 4 is 0 Å². The van der Waals surface area contributed by atoms with Crippen LogP contribution in [0.5, 0.6) is 0 Å². The van der Waals surface area contributed by atoms with E-state index in [1.807, 2.05) is 18.8 Å². The number of rotatable bonds is 5. The first kappa shape index (κ1) is 11.2. The van der Waals surface area contributed by atoms with Crippen LogP contribution >= 0.6 is 0 Å². The average Bonchev–Trinajstić information content (AvgIpc) is 2.50. The lowest BCUT2D eigenvalue weighted by atomic mass is 10.1. The van der Waals surface area contributed by atoms with E-state index in [1.54, 1.807) is 0 Å². The van der Waals surface area contributed by atoms with E-state index in [-0.39, 0.29) is 0 Å². The largest absolute Gasteiger partial charge is 0.319 e. The summed E-state index contributed by atoms with van der Waals surface area (Å²) in [5, 5.41) is 7.73. The summed E-state index contributed by atoms with van der Waals surface area (Å²) >= 11 is 0. The Hall–Kier alpha value is -0.830. The highest BCUT2D eigenvalue weighted by Crippen LogP contribution is 2.15. The van der Waals surface area contributed by atoms with E-state index in [4.69, 9.17) is 0 Å². The second-order valence-electron chi connectivity index (χ2n) is 3.56. The fraction of sp³-hybridized carbons (Fsp3) is 0.727. The molecule has 0 bridgehead atoms. The molecule has 3 heteroatoms. The van der Waals surface area contributed by atoms with Gasteiger partial charge in [0.25, 0.3) is 0 Å². The highest BCUT2D eigenvalue weighted by molar-refractivity contribution is 5.27. The maximum atomic E-state index is 4.54. The van der Waals surface area contributed by atoms with Gasteiger partial charge in [0, 0.05) is 12.7 Å². The molecule has 1 N–H and O–H groups in total. The van der Waals surface area contributed by atoms with Crippen molar-refractivity contribution < 1.29 is 0 Å². The van der Waals surface area contributed by atoms with Gasteiger partial charge >= 0.3 is 0 Å². The number of hydrogen-bond donors (Lipinski definition) is 1. The first-order valence-electron chi connectivity index (χ1n) is 5.42. The summed E-state index contributed by atoms with van der Waals surface area (Å²) in [6, 6.07) is 0. The number of aryl methyl sites for hydroxylation is 2. The molecular weight excluding hydrogens is 174 g/mol. The smallest absolute Gasteiger partial charge is 0.0657 e. The van der Waals surface area contributed by atoms with Crippen LogP contribution < -0.4 is 5.32 Å². The van der Waals surface area contributed by atoms with Gasteiger partial charge in [0.15, 0.2) is 0 Å². The fourth-order valence-corrected chi connectivity index (χ4v) is 1.93. The quantitative estimate of drug-likeness (QED) is 0.767. The van der Waals surface area contributed by atoms with Crippen LogP contribution in [0.2, 0.25) is 0 Å². The molecule has 0 saturated heterocycles. The summed E-state index contributed by atoms with van der Waals surface area (Å²) < 4.78 is 2.03. The van der Waals surface area contributed by atoms with E-state index in [0.717, 1.165) is 25.8 Å². The molecule has 1 rings (SSSR count). The van der Waals surface area contributed by atoms with Gasteiger partial charge in [0.05, 0.1) is 5.69 Å². The van der Waals surface area contributed by atoms with E-state index in [1.165, 1.54) is 17.0 Å². The molecule has 14 heavy (non-hydrogen) atoms. The zero-order valence-corrected chi connectivity index (χ0v) is 9.72. The Morgan fingerprint density at radius 1 is 1.29 bits per heavy atom. The van der Waals surface area contributed by atoms with Crippen LogP contribution in [0, 0.1) is 0 Å². The molecule has 0 unspecified atom stereocenters. The topological polar surface area (TPSA) is 29.9 Å². The van der Waals surface area contributed by atoms with Gasteiger partial charge < -0.3 is 5.32 Å². The molecule has 1 heterocycles. The van der Waals surface area contributed by atoms with Crippen LogP contribution in [0.3, 0.4) is 0 Å². The Morgan fingerprint density at radius 3 is 2.50 bits per heavy atom. The van der Waals surface area contributed by atoms with E-state index < -0.39 is 0 Å². The lowest BCUT2D eigenvalue weighted by molar-refractivity contribution is 0.702. The molecule has 0 saturated carbocycles. The van der Waals surface area contributed by atoms with Gasteiger partial charge in [-0.2, -0.15) is 5.10 Å². The average molecular weight is 195 g/mol. The van der Waals surface area contributed by atoms with Crippen LogP contribution in [0.1, 0.15) is 30.8 Å². The molecule has 3 nitrogen and oxygen atoms in total. The maximum absolute atomic E-state index is 4.54. The highest BCUT2D eigenvalue weighted by atomic mass is 15.3. The van der Waals surface area contributed by atoms with Gasteiger partial charge in [-0.1, -0.05) is 13.8 Å². The fourth-order valence-electron chi connectivity index (χ4n) is 1.93. The predicted octanol–water partition coefficient (Wildman–Crippen LogP) is 1.31. The molecule has 0 aromatic carbocycles. The molecular formula is C11H21N3. The lowest BCUT2D eigenvalue weighted by Crippen LogP contribution is -2.12. The molecule has 0 amide bonds. The Balaban J connectivity index is 2.95. The second-order valence-corrected chi connectivity index (χ2v) is 3.56. The van der Waals surface area contributed by atoms with Crippen molar-refractivity contribution in [3.63, 3.8) is 0 Å². The normalized spacial score (nSPS) is 10.9. The molecule has 80 valence electrons. The summed E-state index contributed by atoms with van der Waals surface area (Å²) in [7, 11) is 4.04. The van der Waals surface area contributed by atoms with Crippen molar-refractivity contribution in [3.05, 3.63) is 17.0 Å². The molecule has 0 atom stereocenters. The Kier molecular flexibility index (Phi) is 4.14. The van der Waals surface area contributed by atoms with Crippen molar-refractivity contribution in [3.8, 4) is 0 Å². The Bertz CT molecular complexity index is 289. The summed E-state index contributed by atoms with van der Waals surface area (Å²) in [4.78, 5) is 0. The van der Waals surface area contributed by atoms with E-state index in [9.17, 15) is 0 Å². The van der Waals surface area contributed by atoms with Gasteiger partial charge in [-0.05, 0) is 38.4 Å². The second kappa shape index (κ2) is 5.15. The van der Waals surface area contributed by atoms with Gasteiger partial charge in [0.1, 0.15) is 0 Å². The minimum Gasteiger partial charge on any atom is -0.319 e. The van der Waals surface area contributed by atoms with E-state index in [0.29, 0.717) is 0 Å². The van der Waals surface area contributed by atoms with Crippen LogP contribution in [0.15, 0.2) is 0 Å². The minimum atomic E-state index is 1.03. The number of aromatic nitrogens is 2. The van der Waals surface area contributed by atoms with Crippen molar-refractivity contribution in [2.45, 2.75) is 33.1 Å². The molecule has 0 aliphatic heterocycles. The summed E-state index contributed by atoms with van der Waals surface area (Å²) in [6.07, 6.45) is 3.20. The summed E-state index contributed by atoms with van der Waals surface area (Å²) in [5.41, 5.74) is 4.10. The van der Waals surface area contributed by atoms with Crippen LogP contribution in [-0.4, -0.2) is 23.4 Å². The number of likely N-dealkylation sites (N-methyl/N-ethyl adjacent to an activating group) is 1. The van der Waals surface area contributed by atoms with Gasteiger partial charge in [-0.3, -0.25) is 4.68 Å². The first-order valence-corrected chi connectivity index (χ1v) is 5.42. The summed E-state index contributed by atoms with van der Waals surface area (Å²) in [6.45, 7) is 5.40. The van der Waals surface area contributed by atoms with Crippen molar-refractivity contribution in [2.75, 3.05) is 13.6 Å². The Morgan fingerprint density at radius 2 is 2.00 bits per heavy atom. The minimum absolute atomic E-state index is 1.03. The highest BCUT2D eigenvalue weighted by Gasteiger charge is 2.12. The third kappa shape index (κ3) is 2.15. The third-order valence-corrected chi connectivity index (χ3v) is 2.65. The number of hydrogen-bond acceptors (Lipinski definition) is 2. The SMILES string of the molecule is CCc1nn(C)c(CC)c1CCNC. The lowest BCUT2D eigenvalue weighted by Gasteiger charge is -2.04. The molecule has 0 fully saturated rings. The summed E-state index contributed by atoms with van der Waals surface area (Å²) in [5.74, 6) is 0. The van der Waals surface area contributed by atoms with Gasteiger partial charge in [-0.15, -0.1) is 0 Å². The van der Waals surface area contributed by atoms with Crippen LogP contribution in [0.4, 0.5) is 0 Å². The van der Waals surface area contributed by atoms with Crippen molar-refractivity contribution in [1.82, 2.24) is 15.1 Å². The molecule has 0 aliphatic carbocycles. The molecule has 1 aromatic heterocycles. The third-order valence-electron chi connectivity index (χ3n) is 2.65. The number of nitrogens with one attached hydrogen (secondary N) is 1. The van der Waals surface area contributed by atoms with Crippen LogP contribution in [-0.2, 0) is 26.3 Å². The molecule has 0 radical (unpaired) electrons. The maximum Gasteiger partial charge on any atom is 0.0657 e. The monoisotopic (exact) mass is 195 g/mol. The van der Waals surface area contributed by atoms with Gasteiger partial charge in [-0.25, -0.2) is 0 Å². The molecule has 0 aliphatic rings. The molecule has 0 spiro atoms. The molecule has 1 aromatic rings. The van der Waals surface area contributed by atoms with Gasteiger partial charge in [0.2, 0.25) is 0 Å².